The Hall–Kier alpha value is -1.34. The van der Waals surface area contributed by atoms with Gasteiger partial charge in [0.25, 0.3) is 0 Å². The van der Waals surface area contributed by atoms with E-state index >= 15 is 0 Å². The third kappa shape index (κ3) is 4.19. The lowest BCUT2D eigenvalue weighted by molar-refractivity contribution is -0.113. The second-order valence-electron chi connectivity index (χ2n) is 6.82. The van der Waals surface area contributed by atoms with Crippen LogP contribution in [-0.2, 0) is 14.1 Å². The highest BCUT2D eigenvalue weighted by molar-refractivity contribution is 6.55. The van der Waals surface area contributed by atoms with Crippen LogP contribution in [0.15, 0.2) is 29.7 Å². The number of rotatable bonds is 5. The van der Waals surface area contributed by atoms with Crippen molar-refractivity contribution in [3.8, 4) is 0 Å². The van der Waals surface area contributed by atoms with Gasteiger partial charge in [-0.25, -0.2) is 0 Å². The number of carbonyl (C=O) groups excluding carboxylic acids is 1. The average Bonchev–Trinajstić information content (AvgIpc) is 2.74. The molecule has 0 radical (unpaired) electrons. The Balaban J connectivity index is 2.15. The fourth-order valence-electron chi connectivity index (χ4n) is 2.29. The molecule has 7 heteroatoms. The zero-order valence-electron chi connectivity index (χ0n) is 14.6. The monoisotopic (exact) mass is 350 g/mol. The van der Waals surface area contributed by atoms with Crippen LogP contribution in [0.25, 0.3) is 6.08 Å². The first-order chi connectivity index (χ1) is 11.2. The number of halogens is 1. The third-order valence-corrected chi connectivity index (χ3v) is 4.70. The van der Waals surface area contributed by atoms with Crippen LogP contribution in [-0.4, -0.2) is 36.7 Å². The van der Waals surface area contributed by atoms with Crippen LogP contribution in [0, 0.1) is 0 Å². The van der Waals surface area contributed by atoms with Crippen LogP contribution in [0.4, 0.5) is 5.69 Å². The minimum absolute atomic E-state index is 0.0685. The van der Waals surface area contributed by atoms with Crippen molar-refractivity contribution in [2.45, 2.75) is 38.9 Å². The molecule has 1 aliphatic heterocycles. The van der Waals surface area contributed by atoms with E-state index in [0.717, 1.165) is 11.0 Å². The molecule has 1 aromatic rings. The molecule has 0 aromatic heterocycles. The lowest BCUT2D eigenvalue weighted by atomic mass is 9.77. The number of amides is 1. The van der Waals surface area contributed by atoms with Gasteiger partial charge in [0.1, 0.15) is 5.88 Å². The van der Waals surface area contributed by atoms with E-state index in [1.165, 1.54) is 0 Å². The number of benzene rings is 1. The Morgan fingerprint density at radius 1 is 1.21 bits per heavy atom. The Labute approximate surface area is 148 Å². The van der Waals surface area contributed by atoms with Crippen LogP contribution >= 0.6 is 11.6 Å². The third-order valence-electron chi connectivity index (χ3n) is 4.46. The molecule has 0 atom stereocenters. The summed E-state index contributed by atoms with van der Waals surface area (Å²) >= 11 is 5.48. The highest BCUT2D eigenvalue weighted by atomic mass is 35.5. The van der Waals surface area contributed by atoms with E-state index in [-0.39, 0.29) is 11.8 Å². The van der Waals surface area contributed by atoms with Crippen LogP contribution in [0.2, 0.25) is 0 Å². The van der Waals surface area contributed by atoms with E-state index in [2.05, 4.69) is 5.32 Å². The Bertz CT molecular complexity index is 613. The molecule has 0 unspecified atom stereocenters. The van der Waals surface area contributed by atoms with Crippen LogP contribution in [0.3, 0.4) is 0 Å². The topological polar surface area (TPSA) is 73.6 Å². The van der Waals surface area contributed by atoms with Gasteiger partial charge in [-0.05, 0) is 50.9 Å². The molecule has 3 N–H and O–H groups in total. The maximum absolute atomic E-state index is 11.3. The Kier molecular flexibility index (Phi) is 5.76. The maximum atomic E-state index is 11.3. The summed E-state index contributed by atoms with van der Waals surface area (Å²) in [4.78, 5) is 11.3. The first-order valence-electron chi connectivity index (χ1n) is 7.90. The predicted molar refractivity (Wildman–Crippen MR) is 98.9 cm³/mol. The van der Waals surface area contributed by atoms with E-state index in [9.17, 15) is 4.79 Å². The number of nitrogens with one attached hydrogen (secondary N) is 1. The summed E-state index contributed by atoms with van der Waals surface area (Å²) in [7, 11) is -0.462. The molecule has 1 heterocycles. The lowest BCUT2D eigenvalue weighted by Gasteiger charge is -2.32. The molecule has 1 aromatic carbocycles. The first-order valence-corrected chi connectivity index (χ1v) is 8.44. The summed E-state index contributed by atoms with van der Waals surface area (Å²) in [5.41, 5.74) is 7.61. The van der Waals surface area contributed by atoms with Gasteiger partial charge in [-0.2, -0.15) is 0 Å². The van der Waals surface area contributed by atoms with Crippen LogP contribution in [0.5, 0.6) is 0 Å². The summed E-state index contributed by atoms with van der Waals surface area (Å²) in [6, 6.07) is 7.42. The minimum Gasteiger partial charge on any atom is -0.400 e. The van der Waals surface area contributed by atoms with Gasteiger partial charge < -0.3 is 20.4 Å². The molecule has 1 fully saturated rings. The molecule has 0 spiro atoms. The smallest absolute Gasteiger partial charge is 0.400 e. The van der Waals surface area contributed by atoms with Gasteiger partial charge in [-0.15, -0.1) is 11.6 Å². The van der Waals surface area contributed by atoms with Gasteiger partial charge in [0.15, 0.2) is 0 Å². The number of hydrogen-bond donors (Lipinski definition) is 2. The Morgan fingerprint density at radius 3 is 2.21 bits per heavy atom. The fourth-order valence-corrected chi connectivity index (χ4v) is 2.36. The number of carbonyl (C=O) groups is 1. The number of nitrogens with two attached hydrogens (primary N) is 1. The Morgan fingerprint density at radius 2 is 1.75 bits per heavy atom. The molecule has 24 heavy (non-hydrogen) atoms. The summed E-state index contributed by atoms with van der Waals surface area (Å²) in [5.74, 6) is -0.305. The van der Waals surface area contributed by atoms with E-state index in [1.54, 1.807) is 0 Å². The summed E-state index contributed by atoms with van der Waals surface area (Å²) in [5, 5.41) is 2.70. The van der Waals surface area contributed by atoms with Crippen molar-refractivity contribution in [2.24, 2.45) is 5.73 Å². The highest BCUT2D eigenvalue weighted by Crippen LogP contribution is 2.38. The van der Waals surface area contributed by atoms with Gasteiger partial charge in [-0.3, -0.25) is 4.79 Å². The molecule has 1 aliphatic rings. The van der Waals surface area contributed by atoms with Crippen molar-refractivity contribution in [3.05, 3.63) is 35.3 Å². The maximum Gasteiger partial charge on any atom is 0.491 e. The summed E-state index contributed by atoms with van der Waals surface area (Å²) in [6.45, 7) is 8.37. The zero-order valence-corrected chi connectivity index (χ0v) is 15.3. The van der Waals surface area contributed by atoms with Crippen LogP contribution in [0.1, 0.15) is 33.3 Å². The minimum atomic E-state index is -0.462. The van der Waals surface area contributed by atoms with Gasteiger partial charge in [-0.1, -0.05) is 18.2 Å². The zero-order chi connectivity index (χ0) is 18.0. The number of alkyl halides is 1. The summed E-state index contributed by atoms with van der Waals surface area (Å²) < 4.78 is 12.1. The molecule has 1 amide bonds. The van der Waals surface area contributed by atoms with E-state index in [0.29, 0.717) is 12.2 Å². The van der Waals surface area contributed by atoms with Crippen molar-refractivity contribution in [1.82, 2.24) is 0 Å². The molecule has 0 saturated carbocycles. The summed E-state index contributed by atoms with van der Waals surface area (Å²) in [6.07, 6.45) is 1.95. The molecule has 2 rings (SSSR count). The normalized spacial score (nSPS) is 19.4. The molecular formula is C17H24BClN2O3. The van der Waals surface area contributed by atoms with Gasteiger partial charge in [0.05, 0.1) is 11.2 Å². The van der Waals surface area contributed by atoms with E-state index in [1.807, 2.05) is 58.0 Å². The standard InChI is InChI=1S/C17H24BClN2O3/c1-16(2)17(3,4)24-18(23-16)13(11-20)9-12-5-7-14(8-6-12)21-15(22)10-19/h5-9H,10-11,20H2,1-4H3,(H,21,22). The van der Waals surface area contributed by atoms with Gasteiger partial charge in [0.2, 0.25) is 5.91 Å². The van der Waals surface area contributed by atoms with Crippen molar-refractivity contribution in [2.75, 3.05) is 17.7 Å². The van der Waals surface area contributed by atoms with E-state index in [4.69, 9.17) is 26.6 Å². The van der Waals surface area contributed by atoms with E-state index < -0.39 is 18.3 Å². The molecule has 0 bridgehead atoms. The fraction of sp³-hybridized carbons (Fsp3) is 0.471. The molecule has 5 nitrogen and oxygen atoms in total. The number of anilines is 1. The van der Waals surface area contributed by atoms with Crippen molar-refractivity contribution in [3.63, 3.8) is 0 Å². The number of hydrogen-bond acceptors (Lipinski definition) is 4. The molecule has 130 valence electrons. The quantitative estimate of drug-likeness (QED) is 0.632. The van der Waals surface area contributed by atoms with Crippen LogP contribution < -0.4 is 11.1 Å². The lowest BCUT2D eigenvalue weighted by Crippen LogP contribution is -2.41. The molecular weight excluding hydrogens is 326 g/mol. The van der Waals surface area contributed by atoms with Gasteiger partial charge in [0, 0.05) is 12.2 Å². The van der Waals surface area contributed by atoms with Crippen molar-refractivity contribution >= 4 is 36.4 Å². The molecule has 0 aliphatic carbocycles. The van der Waals surface area contributed by atoms with Crippen molar-refractivity contribution in [1.29, 1.82) is 0 Å². The highest BCUT2D eigenvalue weighted by Gasteiger charge is 2.52. The average molecular weight is 351 g/mol. The van der Waals surface area contributed by atoms with Crippen molar-refractivity contribution < 1.29 is 14.1 Å². The van der Waals surface area contributed by atoms with Gasteiger partial charge >= 0.3 is 7.12 Å². The first kappa shape index (κ1) is 19.0. The predicted octanol–water partition coefficient (Wildman–Crippen LogP) is 2.84. The second-order valence-corrected chi connectivity index (χ2v) is 7.08. The second kappa shape index (κ2) is 7.27. The largest absolute Gasteiger partial charge is 0.491 e. The SMILES string of the molecule is CC1(C)OB(C(=Cc2ccc(NC(=O)CCl)cc2)CN)OC1(C)C. The molecule has 1 saturated heterocycles.